The van der Waals surface area contributed by atoms with Crippen LogP contribution in [0.25, 0.3) is 0 Å². The van der Waals surface area contributed by atoms with E-state index < -0.39 is 0 Å². The van der Waals surface area contributed by atoms with E-state index in [-0.39, 0.29) is 0 Å². The maximum absolute atomic E-state index is 5.55. The highest BCUT2D eigenvalue weighted by atomic mass is 16.3. The van der Waals surface area contributed by atoms with Gasteiger partial charge in [-0.3, -0.25) is 0 Å². The molecular formula is C16H20O2. The first-order valence-corrected chi connectivity index (χ1v) is 6.91. The predicted molar refractivity (Wildman–Crippen MR) is 70.3 cm³/mol. The highest BCUT2D eigenvalue weighted by Gasteiger charge is 2.34. The molecule has 1 fully saturated rings. The van der Waals surface area contributed by atoms with Crippen molar-refractivity contribution in [3.05, 3.63) is 48.3 Å². The number of hydrogen-bond donors (Lipinski definition) is 0. The molecule has 0 bridgehead atoms. The molecule has 2 heteroatoms. The minimum absolute atomic E-state index is 0.341. The molecule has 1 aliphatic carbocycles. The zero-order chi connectivity index (χ0) is 12.3. The zero-order valence-electron chi connectivity index (χ0n) is 10.7. The first-order valence-electron chi connectivity index (χ1n) is 6.91. The third-order valence-electron chi connectivity index (χ3n) is 4.17. The van der Waals surface area contributed by atoms with Crippen molar-refractivity contribution in [3.8, 4) is 0 Å². The number of hydrogen-bond acceptors (Lipinski definition) is 2. The van der Waals surface area contributed by atoms with Gasteiger partial charge in [-0.05, 0) is 42.5 Å². The molecule has 2 aromatic heterocycles. The largest absolute Gasteiger partial charge is 0.469 e. The maximum Gasteiger partial charge on any atom is 0.104 e. The fourth-order valence-corrected chi connectivity index (χ4v) is 3.28. The molecule has 0 amide bonds. The minimum Gasteiger partial charge on any atom is -0.469 e. The Labute approximate surface area is 108 Å². The molecule has 2 heterocycles. The monoisotopic (exact) mass is 244 g/mol. The van der Waals surface area contributed by atoms with Crippen LogP contribution in [0.15, 0.2) is 45.6 Å². The number of rotatable bonds is 4. The zero-order valence-corrected chi connectivity index (χ0v) is 10.7. The van der Waals surface area contributed by atoms with Gasteiger partial charge in [-0.2, -0.15) is 0 Å². The van der Waals surface area contributed by atoms with E-state index in [0.29, 0.717) is 5.41 Å². The van der Waals surface area contributed by atoms with Gasteiger partial charge in [0.05, 0.1) is 12.5 Å². The normalized spacial score (nSPS) is 18.9. The summed E-state index contributed by atoms with van der Waals surface area (Å²) in [6.45, 7) is 0. The van der Waals surface area contributed by atoms with Crippen molar-refractivity contribution >= 4 is 0 Å². The Morgan fingerprint density at radius 3 is 1.83 bits per heavy atom. The summed E-state index contributed by atoms with van der Waals surface area (Å²) in [4.78, 5) is 0. The van der Waals surface area contributed by atoms with Crippen molar-refractivity contribution < 1.29 is 8.83 Å². The second-order valence-corrected chi connectivity index (χ2v) is 5.57. The first-order chi connectivity index (χ1) is 8.86. The van der Waals surface area contributed by atoms with E-state index >= 15 is 0 Å². The average molecular weight is 244 g/mol. The van der Waals surface area contributed by atoms with E-state index in [1.165, 1.54) is 32.1 Å². The molecule has 0 saturated heterocycles. The summed E-state index contributed by atoms with van der Waals surface area (Å²) >= 11 is 0. The third-order valence-corrected chi connectivity index (χ3v) is 4.17. The van der Waals surface area contributed by atoms with Gasteiger partial charge < -0.3 is 8.83 Å². The van der Waals surface area contributed by atoms with Crippen molar-refractivity contribution in [2.75, 3.05) is 0 Å². The van der Waals surface area contributed by atoms with E-state index in [4.69, 9.17) is 8.83 Å². The van der Waals surface area contributed by atoms with Crippen molar-refractivity contribution in [2.24, 2.45) is 5.41 Å². The SMILES string of the molecule is c1coc(CC2(Cc3ccco3)CCCCC2)c1. The number of furan rings is 2. The van der Waals surface area contributed by atoms with Crippen molar-refractivity contribution in [1.82, 2.24) is 0 Å². The Bertz CT molecular complexity index is 409. The molecule has 0 unspecified atom stereocenters. The second-order valence-electron chi connectivity index (χ2n) is 5.57. The molecular weight excluding hydrogens is 224 g/mol. The summed E-state index contributed by atoms with van der Waals surface area (Å²) in [6, 6.07) is 8.16. The fourth-order valence-electron chi connectivity index (χ4n) is 3.28. The molecule has 96 valence electrons. The molecule has 0 N–H and O–H groups in total. The lowest BCUT2D eigenvalue weighted by Gasteiger charge is -2.36. The van der Waals surface area contributed by atoms with E-state index in [9.17, 15) is 0 Å². The standard InChI is InChI=1S/C16H20O2/c1-2-8-16(9-3-1,12-14-6-4-10-17-14)13-15-7-5-11-18-15/h4-7,10-11H,1-3,8-9,12-13H2. The molecule has 2 aromatic rings. The fraction of sp³-hybridized carbons (Fsp3) is 0.500. The van der Waals surface area contributed by atoms with Crippen LogP contribution in [-0.2, 0) is 12.8 Å². The van der Waals surface area contributed by atoms with Crippen molar-refractivity contribution in [2.45, 2.75) is 44.9 Å². The lowest BCUT2D eigenvalue weighted by molar-refractivity contribution is 0.165. The van der Waals surface area contributed by atoms with Gasteiger partial charge >= 0.3 is 0 Å². The van der Waals surface area contributed by atoms with Crippen LogP contribution in [0.3, 0.4) is 0 Å². The van der Waals surface area contributed by atoms with Gasteiger partial charge in [0.15, 0.2) is 0 Å². The van der Waals surface area contributed by atoms with Gasteiger partial charge in [-0.25, -0.2) is 0 Å². The van der Waals surface area contributed by atoms with Gasteiger partial charge in [-0.1, -0.05) is 19.3 Å². The van der Waals surface area contributed by atoms with Gasteiger partial charge in [0.25, 0.3) is 0 Å². The highest BCUT2D eigenvalue weighted by Crippen LogP contribution is 2.42. The second kappa shape index (κ2) is 5.05. The topological polar surface area (TPSA) is 26.3 Å². The van der Waals surface area contributed by atoms with Gasteiger partial charge in [0.2, 0.25) is 0 Å². The van der Waals surface area contributed by atoms with Crippen LogP contribution < -0.4 is 0 Å². The molecule has 0 aromatic carbocycles. The van der Waals surface area contributed by atoms with Crippen LogP contribution in [0, 0.1) is 5.41 Å². The first kappa shape index (κ1) is 11.6. The third kappa shape index (κ3) is 2.53. The van der Waals surface area contributed by atoms with Crippen molar-refractivity contribution in [3.63, 3.8) is 0 Å². The molecule has 2 nitrogen and oxygen atoms in total. The van der Waals surface area contributed by atoms with Crippen molar-refractivity contribution in [1.29, 1.82) is 0 Å². The predicted octanol–water partition coefficient (Wildman–Crippen LogP) is 4.61. The summed E-state index contributed by atoms with van der Waals surface area (Å²) in [5.74, 6) is 2.23. The molecule has 0 atom stereocenters. The lowest BCUT2D eigenvalue weighted by Crippen LogP contribution is -2.29. The van der Waals surface area contributed by atoms with Gasteiger partial charge in [0.1, 0.15) is 11.5 Å². The van der Waals surface area contributed by atoms with Crippen LogP contribution in [0.2, 0.25) is 0 Å². The Morgan fingerprint density at radius 2 is 1.39 bits per heavy atom. The van der Waals surface area contributed by atoms with E-state index in [2.05, 4.69) is 12.1 Å². The van der Waals surface area contributed by atoms with Crippen LogP contribution in [0.4, 0.5) is 0 Å². The highest BCUT2D eigenvalue weighted by molar-refractivity contribution is 5.08. The van der Waals surface area contributed by atoms with E-state index in [0.717, 1.165) is 24.4 Å². The van der Waals surface area contributed by atoms with Crippen LogP contribution in [0.5, 0.6) is 0 Å². The molecule has 1 aliphatic rings. The van der Waals surface area contributed by atoms with E-state index in [1.54, 1.807) is 12.5 Å². The molecule has 3 rings (SSSR count). The van der Waals surface area contributed by atoms with Crippen LogP contribution in [0.1, 0.15) is 43.6 Å². The molecule has 0 aliphatic heterocycles. The molecule has 0 radical (unpaired) electrons. The Kier molecular flexibility index (Phi) is 3.26. The summed E-state index contributed by atoms with van der Waals surface area (Å²) in [7, 11) is 0. The summed E-state index contributed by atoms with van der Waals surface area (Å²) < 4.78 is 11.1. The lowest BCUT2D eigenvalue weighted by atomic mass is 9.69. The smallest absolute Gasteiger partial charge is 0.104 e. The van der Waals surface area contributed by atoms with Gasteiger partial charge in [-0.15, -0.1) is 0 Å². The summed E-state index contributed by atoms with van der Waals surface area (Å²) in [6.07, 6.45) is 12.3. The quantitative estimate of drug-likeness (QED) is 0.785. The maximum atomic E-state index is 5.55. The van der Waals surface area contributed by atoms with Gasteiger partial charge in [0, 0.05) is 12.8 Å². The molecule has 18 heavy (non-hydrogen) atoms. The summed E-state index contributed by atoms with van der Waals surface area (Å²) in [5, 5.41) is 0. The Morgan fingerprint density at radius 1 is 0.833 bits per heavy atom. The Hall–Kier alpha value is -1.44. The summed E-state index contributed by atoms with van der Waals surface area (Å²) in [5.41, 5.74) is 0.341. The minimum atomic E-state index is 0.341. The molecule has 1 saturated carbocycles. The molecule has 0 spiro atoms. The average Bonchev–Trinajstić information content (AvgIpc) is 3.04. The van der Waals surface area contributed by atoms with Crippen LogP contribution >= 0.6 is 0 Å². The Balaban J connectivity index is 1.79. The van der Waals surface area contributed by atoms with E-state index in [1.807, 2.05) is 12.1 Å². The van der Waals surface area contributed by atoms with Crippen LogP contribution in [-0.4, -0.2) is 0 Å².